The number of halogens is 1. The van der Waals surface area contributed by atoms with Gasteiger partial charge in [-0.15, -0.1) is 0 Å². The number of hydrogen-bond acceptors (Lipinski definition) is 8. The van der Waals surface area contributed by atoms with Crippen LogP contribution in [0.15, 0.2) is 9.63 Å². The Hall–Kier alpha value is -2.16. The number of hydrogen-bond donors (Lipinski definition) is 0. The minimum atomic E-state index is -0.577. The van der Waals surface area contributed by atoms with Crippen molar-refractivity contribution in [3.05, 3.63) is 10.0 Å². The molecular weight excluding hydrogens is 398 g/mol. The van der Waals surface area contributed by atoms with Crippen LogP contribution in [0.2, 0.25) is 0 Å². The van der Waals surface area contributed by atoms with Gasteiger partial charge in [-0.1, -0.05) is 12.1 Å². The van der Waals surface area contributed by atoms with E-state index in [0.29, 0.717) is 33.0 Å². The molecule has 0 bridgehead atoms. The molecule has 2 heterocycles. The standard InChI is InChI=1S/C16H18BrNO7/c1-5-22-16(19)10-7(2)11(25-18-10)8-9(17)13(21-4)15-14(12(8)20-3)23-6-24-15/h7,11H,5-6H2,1-4H3/t7-,11+/m0/s1. The molecule has 2 atom stereocenters. The summed E-state index contributed by atoms with van der Waals surface area (Å²) < 4.78 is 27.6. The van der Waals surface area contributed by atoms with Crippen LogP contribution in [0.4, 0.5) is 0 Å². The second kappa shape index (κ2) is 6.99. The first-order valence-corrected chi connectivity index (χ1v) is 8.48. The van der Waals surface area contributed by atoms with E-state index >= 15 is 0 Å². The second-order valence-electron chi connectivity index (χ2n) is 5.37. The van der Waals surface area contributed by atoms with Gasteiger partial charge in [0.2, 0.25) is 18.3 Å². The van der Waals surface area contributed by atoms with Gasteiger partial charge < -0.3 is 28.5 Å². The first-order chi connectivity index (χ1) is 12.0. The number of carbonyl (C=O) groups excluding carboxylic acids is 1. The van der Waals surface area contributed by atoms with E-state index in [2.05, 4.69) is 21.1 Å². The second-order valence-corrected chi connectivity index (χ2v) is 6.16. The predicted molar refractivity (Wildman–Crippen MR) is 90.4 cm³/mol. The van der Waals surface area contributed by atoms with Gasteiger partial charge in [0.15, 0.2) is 23.3 Å². The molecule has 1 aromatic rings. The molecule has 9 heteroatoms. The Kier molecular flexibility index (Phi) is 4.94. The molecule has 3 rings (SSSR count). The molecule has 136 valence electrons. The van der Waals surface area contributed by atoms with Crippen molar-refractivity contribution in [1.29, 1.82) is 0 Å². The zero-order chi connectivity index (χ0) is 18.1. The van der Waals surface area contributed by atoms with Crippen LogP contribution in [0.5, 0.6) is 23.0 Å². The van der Waals surface area contributed by atoms with E-state index in [1.165, 1.54) is 14.2 Å². The largest absolute Gasteiger partial charge is 0.492 e. The summed E-state index contributed by atoms with van der Waals surface area (Å²) >= 11 is 3.52. The van der Waals surface area contributed by atoms with Crippen molar-refractivity contribution in [2.45, 2.75) is 20.0 Å². The fraction of sp³-hybridized carbons (Fsp3) is 0.500. The minimum Gasteiger partial charge on any atom is -0.492 e. The Morgan fingerprint density at radius 1 is 1.24 bits per heavy atom. The van der Waals surface area contributed by atoms with Crippen LogP contribution in [0, 0.1) is 5.92 Å². The maximum atomic E-state index is 12.0. The van der Waals surface area contributed by atoms with Gasteiger partial charge in [-0.25, -0.2) is 4.79 Å². The van der Waals surface area contributed by atoms with Crippen LogP contribution in [0.25, 0.3) is 0 Å². The molecule has 8 nitrogen and oxygen atoms in total. The first-order valence-electron chi connectivity index (χ1n) is 7.68. The number of methoxy groups -OCH3 is 2. The molecule has 0 radical (unpaired) electrons. The maximum absolute atomic E-state index is 12.0. The summed E-state index contributed by atoms with van der Waals surface area (Å²) in [5.41, 5.74) is 0.844. The van der Waals surface area contributed by atoms with Crippen molar-refractivity contribution in [3.63, 3.8) is 0 Å². The van der Waals surface area contributed by atoms with Gasteiger partial charge in [-0.3, -0.25) is 0 Å². The van der Waals surface area contributed by atoms with E-state index in [4.69, 9.17) is 28.5 Å². The highest BCUT2D eigenvalue weighted by atomic mass is 79.9. The minimum absolute atomic E-state index is 0.0591. The molecule has 2 aliphatic heterocycles. The monoisotopic (exact) mass is 415 g/mol. The molecule has 0 spiro atoms. The van der Waals surface area contributed by atoms with Crippen LogP contribution in [0.1, 0.15) is 25.5 Å². The van der Waals surface area contributed by atoms with Gasteiger partial charge in [-0.05, 0) is 22.9 Å². The summed E-state index contributed by atoms with van der Waals surface area (Å²) in [5.74, 6) is 0.931. The number of benzene rings is 1. The van der Waals surface area contributed by atoms with Crippen LogP contribution >= 0.6 is 15.9 Å². The molecule has 0 aliphatic carbocycles. The Labute approximate surface area is 153 Å². The van der Waals surface area contributed by atoms with Crippen molar-refractivity contribution >= 4 is 27.6 Å². The number of esters is 1. The lowest BCUT2D eigenvalue weighted by Crippen LogP contribution is -2.24. The summed E-state index contributed by atoms with van der Waals surface area (Å²) in [4.78, 5) is 17.6. The first kappa shape index (κ1) is 17.7. The molecule has 1 aromatic carbocycles. The van der Waals surface area contributed by atoms with Gasteiger partial charge in [-0.2, -0.15) is 0 Å². The lowest BCUT2D eigenvalue weighted by Gasteiger charge is -2.21. The molecule has 0 unspecified atom stereocenters. The van der Waals surface area contributed by atoms with Gasteiger partial charge in [0.25, 0.3) is 0 Å². The number of nitrogens with zero attached hydrogens (tertiary/aromatic N) is 1. The van der Waals surface area contributed by atoms with Crippen molar-refractivity contribution in [2.75, 3.05) is 27.6 Å². The third-order valence-corrected chi connectivity index (χ3v) is 4.82. The molecule has 25 heavy (non-hydrogen) atoms. The highest BCUT2D eigenvalue weighted by Crippen LogP contribution is 2.57. The van der Waals surface area contributed by atoms with Crippen molar-refractivity contribution in [3.8, 4) is 23.0 Å². The molecule has 0 fully saturated rings. The average Bonchev–Trinajstić information content (AvgIpc) is 3.21. The zero-order valence-corrected chi connectivity index (χ0v) is 15.8. The van der Waals surface area contributed by atoms with E-state index in [0.717, 1.165) is 0 Å². The highest BCUT2D eigenvalue weighted by Gasteiger charge is 2.42. The third-order valence-electron chi connectivity index (χ3n) is 4.03. The number of oxime groups is 1. The maximum Gasteiger partial charge on any atom is 0.356 e. The van der Waals surface area contributed by atoms with Crippen LogP contribution in [0.3, 0.4) is 0 Å². The predicted octanol–water partition coefficient (Wildman–Crippen LogP) is 2.82. The third kappa shape index (κ3) is 2.76. The average molecular weight is 416 g/mol. The van der Waals surface area contributed by atoms with Crippen LogP contribution in [-0.4, -0.2) is 39.3 Å². The summed E-state index contributed by atoms with van der Waals surface area (Å²) in [6, 6.07) is 0. The Bertz CT molecular complexity index is 734. The number of fused-ring (bicyclic) bond motifs is 1. The van der Waals surface area contributed by atoms with Gasteiger partial charge in [0.05, 0.1) is 36.8 Å². The highest BCUT2D eigenvalue weighted by molar-refractivity contribution is 9.10. The van der Waals surface area contributed by atoms with E-state index in [9.17, 15) is 4.79 Å². The number of carbonyl (C=O) groups is 1. The Balaban J connectivity index is 2.05. The van der Waals surface area contributed by atoms with E-state index in [1.54, 1.807) is 6.92 Å². The lowest BCUT2D eigenvalue weighted by molar-refractivity contribution is -0.135. The topological polar surface area (TPSA) is 84.8 Å². The number of rotatable bonds is 5. The lowest BCUT2D eigenvalue weighted by atomic mass is 9.92. The molecule has 0 amide bonds. The fourth-order valence-corrected chi connectivity index (χ4v) is 3.61. The van der Waals surface area contributed by atoms with Crippen molar-refractivity contribution in [1.82, 2.24) is 0 Å². The molecule has 0 aromatic heterocycles. The molecular formula is C16H18BrNO7. The zero-order valence-electron chi connectivity index (χ0n) is 14.3. The number of ether oxygens (including phenoxy) is 5. The SMILES string of the molecule is CCOC(=O)C1=NO[C@@H](c2c(Br)c(OC)c3c(c2OC)OCO3)[C@H]1C. The van der Waals surface area contributed by atoms with Crippen LogP contribution < -0.4 is 18.9 Å². The van der Waals surface area contributed by atoms with Gasteiger partial charge in [0, 0.05) is 0 Å². The molecule has 2 aliphatic rings. The summed E-state index contributed by atoms with van der Waals surface area (Å²) in [5, 5.41) is 3.91. The summed E-state index contributed by atoms with van der Waals surface area (Å²) in [6.07, 6.45) is -0.577. The summed E-state index contributed by atoms with van der Waals surface area (Å²) in [7, 11) is 3.05. The van der Waals surface area contributed by atoms with E-state index < -0.39 is 12.1 Å². The van der Waals surface area contributed by atoms with Crippen LogP contribution in [-0.2, 0) is 14.4 Å². The fourth-order valence-electron chi connectivity index (χ4n) is 2.86. The Morgan fingerprint density at radius 2 is 1.88 bits per heavy atom. The smallest absolute Gasteiger partial charge is 0.356 e. The summed E-state index contributed by atoms with van der Waals surface area (Å²) in [6.45, 7) is 3.89. The molecule has 0 N–H and O–H groups in total. The quantitative estimate of drug-likeness (QED) is 0.683. The van der Waals surface area contributed by atoms with E-state index in [-0.39, 0.29) is 25.0 Å². The van der Waals surface area contributed by atoms with Crippen molar-refractivity contribution in [2.24, 2.45) is 11.1 Å². The van der Waals surface area contributed by atoms with E-state index in [1.807, 2.05) is 6.92 Å². The van der Waals surface area contributed by atoms with Gasteiger partial charge in [0.1, 0.15) is 0 Å². The molecule has 0 saturated heterocycles. The van der Waals surface area contributed by atoms with Crippen molar-refractivity contribution < 1.29 is 33.3 Å². The normalized spacial score (nSPS) is 20.8. The molecule has 0 saturated carbocycles. The Morgan fingerprint density at radius 3 is 2.48 bits per heavy atom. The van der Waals surface area contributed by atoms with Gasteiger partial charge >= 0.3 is 5.97 Å².